The van der Waals surface area contributed by atoms with Crippen molar-refractivity contribution in [2.45, 2.75) is 76.9 Å². The van der Waals surface area contributed by atoms with Gasteiger partial charge in [-0.15, -0.1) is 0 Å². The molecule has 1 saturated carbocycles. The number of nitrogens with one attached hydrogen (secondary N) is 2. The van der Waals surface area contributed by atoms with E-state index in [9.17, 15) is 14.7 Å². The van der Waals surface area contributed by atoms with Gasteiger partial charge in [0.1, 0.15) is 5.54 Å². The molecule has 1 amide bonds. The van der Waals surface area contributed by atoms with Gasteiger partial charge < -0.3 is 10.4 Å². The van der Waals surface area contributed by atoms with Crippen LogP contribution < -0.4 is 10.6 Å². The van der Waals surface area contributed by atoms with Gasteiger partial charge in [-0.1, -0.05) is 26.2 Å². The average Bonchev–Trinajstić information content (AvgIpc) is 2.81. The largest absolute Gasteiger partial charge is 0.480 e. The molecule has 0 heterocycles. The number of aliphatic carboxylic acids is 1. The summed E-state index contributed by atoms with van der Waals surface area (Å²) in [6.45, 7) is 5.30. The topological polar surface area (TPSA) is 78.4 Å². The summed E-state index contributed by atoms with van der Waals surface area (Å²) in [5.74, 6) is -1.01. The van der Waals surface area contributed by atoms with Gasteiger partial charge >= 0.3 is 5.97 Å². The van der Waals surface area contributed by atoms with Crippen molar-refractivity contribution < 1.29 is 14.7 Å². The number of amides is 1. The van der Waals surface area contributed by atoms with Gasteiger partial charge in [0.25, 0.3) is 0 Å². The quantitative estimate of drug-likeness (QED) is 0.657. The van der Waals surface area contributed by atoms with E-state index in [1.165, 1.54) is 0 Å². The minimum Gasteiger partial charge on any atom is -0.480 e. The van der Waals surface area contributed by atoms with Gasteiger partial charge in [0.05, 0.1) is 6.04 Å². The van der Waals surface area contributed by atoms with E-state index in [0.717, 1.165) is 32.1 Å². The Balaban J connectivity index is 2.53. The van der Waals surface area contributed by atoms with Gasteiger partial charge in [-0.3, -0.25) is 14.9 Å². The van der Waals surface area contributed by atoms with E-state index in [1.807, 2.05) is 6.92 Å². The third kappa shape index (κ3) is 4.49. The fraction of sp³-hybridized carbons (Fsp3) is 0.857. The predicted octanol–water partition coefficient (Wildman–Crippen LogP) is 1.67. The van der Waals surface area contributed by atoms with Crippen molar-refractivity contribution >= 4 is 11.9 Å². The molecule has 5 nitrogen and oxygen atoms in total. The molecule has 0 aromatic heterocycles. The predicted molar refractivity (Wildman–Crippen MR) is 73.9 cm³/mol. The van der Waals surface area contributed by atoms with E-state index in [0.29, 0.717) is 6.42 Å². The van der Waals surface area contributed by atoms with Gasteiger partial charge in [-0.05, 0) is 33.1 Å². The van der Waals surface area contributed by atoms with Crippen molar-refractivity contribution in [1.82, 2.24) is 10.6 Å². The number of hydrogen-bond donors (Lipinski definition) is 3. The lowest BCUT2D eigenvalue weighted by Gasteiger charge is -2.29. The van der Waals surface area contributed by atoms with Crippen LogP contribution in [0, 0.1) is 0 Å². The van der Waals surface area contributed by atoms with Crippen LogP contribution in [-0.2, 0) is 9.59 Å². The zero-order valence-corrected chi connectivity index (χ0v) is 12.2. The molecule has 5 heteroatoms. The molecule has 2 atom stereocenters. The van der Waals surface area contributed by atoms with Crippen LogP contribution in [0.2, 0.25) is 0 Å². The maximum absolute atomic E-state index is 12.0. The van der Waals surface area contributed by atoms with Crippen LogP contribution in [0.1, 0.15) is 59.3 Å². The number of carbonyl (C=O) groups is 2. The molecule has 2 unspecified atom stereocenters. The van der Waals surface area contributed by atoms with Crippen LogP contribution >= 0.6 is 0 Å². The summed E-state index contributed by atoms with van der Waals surface area (Å²) in [6, 6.07) is -0.229. The first kappa shape index (κ1) is 16.0. The summed E-state index contributed by atoms with van der Waals surface area (Å²) in [6.07, 6.45) is 5.65. The summed E-state index contributed by atoms with van der Waals surface area (Å²) in [4.78, 5) is 23.4. The minimum atomic E-state index is -1.04. The highest BCUT2D eigenvalue weighted by molar-refractivity contribution is 5.84. The Bertz CT molecular complexity index is 327. The highest BCUT2D eigenvalue weighted by Crippen LogP contribution is 2.18. The average molecular weight is 270 g/mol. The van der Waals surface area contributed by atoms with Crippen LogP contribution in [0.4, 0.5) is 0 Å². The van der Waals surface area contributed by atoms with Crippen molar-refractivity contribution in [2.24, 2.45) is 0 Å². The molecule has 1 aliphatic rings. The van der Waals surface area contributed by atoms with Crippen molar-refractivity contribution in [1.29, 1.82) is 0 Å². The molecule has 0 aliphatic heterocycles. The standard InChI is InChI=1S/C14H26N2O3/c1-4-9-14(3,13(18)19)16-10(2)12(17)15-11-7-5-6-8-11/h10-11,16H,4-9H2,1-3H3,(H,15,17)(H,18,19). The summed E-state index contributed by atoms with van der Waals surface area (Å²) < 4.78 is 0. The van der Waals surface area contributed by atoms with E-state index in [1.54, 1.807) is 13.8 Å². The Kier molecular flexibility index (Phi) is 5.79. The van der Waals surface area contributed by atoms with Crippen molar-refractivity contribution in [3.8, 4) is 0 Å². The maximum Gasteiger partial charge on any atom is 0.323 e. The molecule has 1 aliphatic carbocycles. The normalized spacial score (nSPS) is 20.8. The lowest BCUT2D eigenvalue weighted by Crippen LogP contribution is -2.57. The first-order valence-electron chi connectivity index (χ1n) is 7.20. The summed E-state index contributed by atoms with van der Waals surface area (Å²) in [5, 5.41) is 15.2. The van der Waals surface area contributed by atoms with E-state index in [2.05, 4.69) is 10.6 Å². The second-order valence-electron chi connectivity index (χ2n) is 5.74. The zero-order chi connectivity index (χ0) is 14.5. The van der Waals surface area contributed by atoms with Gasteiger partial charge in [0.2, 0.25) is 5.91 Å². The molecule has 1 rings (SSSR count). The van der Waals surface area contributed by atoms with Crippen LogP contribution in [0.5, 0.6) is 0 Å². The molecule has 0 radical (unpaired) electrons. The monoisotopic (exact) mass is 270 g/mol. The molecule has 0 aromatic rings. The first-order valence-corrected chi connectivity index (χ1v) is 7.20. The fourth-order valence-electron chi connectivity index (χ4n) is 2.68. The summed E-state index contributed by atoms with van der Waals surface area (Å²) >= 11 is 0. The smallest absolute Gasteiger partial charge is 0.323 e. The van der Waals surface area contributed by atoms with Crippen LogP contribution in [0.15, 0.2) is 0 Å². The molecule has 0 bridgehead atoms. The van der Waals surface area contributed by atoms with Gasteiger partial charge in [-0.25, -0.2) is 0 Å². The lowest BCUT2D eigenvalue weighted by molar-refractivity contribution is -0.145. The van der Waals surface area contributed by atoms with Crippen LogP contribution in [0.3, 0.4) is 0 Å². The van der Waals surface area contributed by atoms with E-state index in [-0.39, 0.29) is 11.9 Å². The molecule has 110 valence electrons. The molecule has 0 saturated heterocycles. The Labute approximate surface area is 115 Å². The Morgan fingerprint density at radius 1 is 1.37 bits per heavy atom. The third-order valence-electron chi connectivity index (χ3n) is 3.85. The maximum atomic E-state index is 12.0. The molecule has 0 aromatic carbocycles. The third-order valence-corrected chi connectivity index (χ3v) is 3.85. The second kappa shape index (κ2) is 6.89. The molecule has 3 N–H and O–H groups in total. The molecule has 19 heavy (non-hydrogen) atoms. The summed E-state index contributed by atoms with van der Waals surface area (Å²) in [5.41, 5.74) is -1.04. The minimum absolute atomic E-state index is 0.101. The van der Waals surface area contributed by atoms with Gasteiger partial charge in [0.15, 0.2) is 0 Å². The van der Waals surface area contributed by atoms with Gasteiger partial charge in [-0.2, -0.15) is 0 Å². The molecule has 0 spiro atoms. The zero-order valence-electron chi connectivity index (χ0n) is 12.2. The fourth-order valence-corrected chi connectivity index (χ4v) is 2.68. The number of carboxylic acids is 1. The van der Waals surface area contributed by atoms with E-state index in [4.69, 9.17) is 0 Å². The van der Waals surface area contributed by atoms with E-state index < -0.39 is 17.6 Å². The van der Waals surface area contributed by atoms with Crippen molar-refractivity contribution in [2.75, 3.05) is 0 Å². The van der Waals surface area contributed by atoms with Crippen molar-refractivity contribution in [3.05, 3.63) is 0 Å². The Morgan fingerprint density at radius 2 is 1.95 bits per heavy atom. The summed E-state index contributed by atoms with van der Waals surface area (Å²) in [7, 11) is 0. The number of hydrogen-bond acceptors (Lipinski definition) is 3. The Morgan fingerprint density at radius 3 is 2.42 bits per heavy atom. The van der Waals surface area contributed by atoms with Crippen molar-refractivity contribution in [3.63, 3.8) is 0 Å². The SMILES string of the molecule is CCCC(C)(NC(C)C(=O)NC1CCCC1)C(=O)O. The number of carbonyl (C=O) groups excluding carboxylic acids is 1. The first-order chi connectivity index (χ1) is 8.89. The highest BCUT2D eigenvalue weighted by atomic mass is 16.4. The molecular formula is C14H26N2O3. The van der Waals surface area contributed by atoms with Gasteiger partial charge in [0, 0.05) is 6.04 Å². The molecular weight excluding hydrogens is 244 g/mol. The highest BCUT2D eigenvalue weighted by Gasteiger charge is 2.35. The van der Waals surface area contributed by atoms with Crippen LogP contribution in [-0.4, -0.2) is 34.6 Å². The van der Waals surface area contributed by atoms with Crippen LogP contribution in [0.25, 0.3) is 0 Å². The molecule has 1 fully saturated rings. The Hall–Kier alpha value is -1.10. The van der Waals surface area contributed by atoms with E-state index >= 15 is 0 Å². The number of carboxylic acid groups (broad SMARTS) is 1. The second-order valence-corrected chi connectivity index (χ2v) is 5.74. The lowest BCUT2D eigenvalue weighted by atomic mass is 9.95. The number of rotatable bonds is 7.